The topological polar surface area (TPSA) is 88.4 Å². The van der Waals surface area contributed by atoms with Crippen LogP contribution in [-0.2, 0) is 10.0 Å². The SMILES string of the molecule is Cc1c(C(=O)NNS(=O)(=O)c2ccc(F)c(F)c2F)oc2ccccc12. The number of fused-ring (bicyclic) bond motifs is 1. The van der Waals surface area contributed by atoms with Gasteiger partial charge >= 0.3 is 5.91 Å². The third-order valence-electron chi connectivity index (χ3n) is 3.64. The van der Waals surface area contributed by atoms with E-state index in [0.29, 0.717) is 28.7 Å². The summed E-state index contributed by atoms with van der Waals surface area (Å²) in [6, 6.07) is 7.77. The molecule has 0 aliphatic carbocycles. The van der Waals surface area contributed by atoms with E-state index < -0.39 is 38.3 Å². The van der Waals surface area contributed by atoms with Gasteiger partial charge in [0.05, 0.1) is 0 Å². The predicted molar refractivity (Wildman–Crippen MR) is 85.1 cm³/mol. The highest BCUT2D eigenvalue weighted by atomic mass is 32.2. The number of rotatable bonds is 4. The van der Waals surface area contributed by atoms with E-state index in [1.807, 2.05) is 5.43 Å². The Morgan fingerprint density at radius 3 is 2.42 bits per heavy atom. The lowest BCUT2D eigenvalue weighted by molar-refractivity contribution is 0.0918. The third kappa shape index (κ3) is 3.04. The van der Waals surface area contributed by atoms with Crippen LogP contribution in [0.3, 0.4) is 0 Å². The number of sulfonamides is 1. The summed E-state index contributed by atoms with van der Waals surface area (Å²) in [7, 11) is -4.68. The molecule has 0 spiro atoms. The second-order valence-corrected chi connectivity index (χ2v) is 6.94. The molecule has 0 aliphatic rings. The molecule has 1 heterocycles. The van der Waals surface area contributed by atoms with Crippen molar-refractivity contribution in [1.29, 1.82) is 0 Å². The Morgan fingerprint density at radius 2 is 1.73 bits per heavy atom. The molecule has 3 aromatic rings. The van der Waals surface area contributed by atoms with Crippen molar-refractivity contribution >= 4 is 26.9 Å². The first kappa shape index (κ1) is 18.0. The van der Waals surface area contributed by atoms with Gasteiger partial charge in [-0.3, -0.25) is 10.2 Å². The highest BCUT2D eigenvalue weighted by molar-refractivity contribution is 7.89. The van der Waals surface area contributed by atoms with E-state index >= 15 is 0 Å². The van der Waals surface area contributed by atoms with Gasteiger partial charge in [-0.15, -0.1) is 4.83 Å². The highest BCUT2D eigenvalue weighted by Gasteiger charge is 2.25. The van der Waals surface area contributed by atoms with Crippen LogP contribution in [0.4, 0.5) is 13.2 Å². The number of carbonyl (C=O) groups excluding carboxylic acids is 1. The Morgan fingerprint density at radius 1 is 1.04 bits per heavy atom. The normalized spacial score (nSPS) is 11.7. The standard InChI is InChI=1S/C16H11F3N2O4S/c1-8-9-4-2-3-5-11(9)25-15(8)16(22)20-21-26(23,24)12-7-6-10(17)13(18)14(12)19/h2-7,21H,1H3,(H,20,22). The highest BCUT2D eigenvalue weighted by Crippen LogP contribution is 2.25. The number of carbonyl (C=O) groups is 1. The van der Waals surface area contributed by atoms with Crippen molar-refractivity contribution in [3.05, 3.63) is 65.2 Å². The van der Waals surface area contributed by atoms with Gasteiger partial charge in [0, 0.05) is 10.9 Å². The van der Waals surface area contributed by atoms with E-state index in [2.05, 4.69) is 0 Å². The van der Waals surface area contributed by atoms with Crippen molar-refractivity contribution in [2.75, 3.05) is 0 Å². The number of hydrogen-bond acceptors (Lipinski definition) is 4. The average molecular weight is 384 g/mol. The Balaban J connectivity index is 1.84. The molecule has 0 unspecified atom stereocenters. The number of para-hydroxylation sites is 1. The second-order valence-electron chi connectivity index (χ2n) is 5.29. The summed E-state index contributed by atoms with van der Waals surface area (Å²) in [4.78, 5) is 12.6. The van der Waals surface area contributed by atoms with Gasteiger partial charge in [0.15, 0.2) is 23.2 Å². The fourth-order valence-corrected chi connectivity index (χ4v) is 3.24. The number of nitrogens with one attached hydrogen (secondary N) is 2. The monoisotopic (exact) mass is 384 g/mol. The Bertz CT molecular complexity index is 1130. The summed E-state index contributed by atoms with van der Waals surface area (Å²) in [6.07, 6.45) is 0. The molecule has 0 fully saturated rings. The lowest BCUT2D eigenvalue weighted by Crippen LogP contribution is -2.42. The number of hydrogen-bond donors (Lipinski definition) is 2. The van der Waals surface area contributed by atoms with Crippen molar-refractivity contribution in [2.45, 2.75) is 11.8 Å². The van der Waals surface area contributed by atoms with Crippen molar-refractivity contribution < 1.29 is 30.8 Å². The molecule has 2 aromatic carbocycles. The quantitative estimate of drug-likeness (QED) is 0.535. The van der Waals surface area contributed by atoms with Gasteiger partial charge in [0.2, 0.25) is 0 Å². The van der Waals surface area contributed by atoms with E-state index in [1.54, 1.807) is 36.0 Å². The lowest BCUT2D eigenvalue weighted by Gasteiger charge is -2.09. The lowest BCUT2D eigenvalue weighted by atomic mass is 10.1. The van der Waals surface area contributed by atoms with Crippen molar-refractivity contribution in [3.63, 3.8) is 0 Å². The second kappa shape index (κ2) is 6.46. The Labute approximate surface area is 145 Å². The van der Waals surface area contributed by atoms with Gasteiger partial charge in [-0.1, -0.05) is 18.2 Å². The van der Waals surface area contributed by atoms with Gasteiger partial charge in [0.1, 0.15) is 10.5 Å². The van der Waals surface area contributed by atoms with Crippen LogP contribution < -0.4 is 10.3 Å². The van der Waals surface area contributed by atoms with E-state index in [-0.39, 0.29) is 5.76 Å². The number of aryl methyl sites for hydroxylation is 1. The molecule has 0 aliphatic heterocycles. The van der Waals surface area contributed by atoms with Crippen LogP contribution in [0.25, 0.3) is 11.0 Å². The molecule has 26 heavy (non-hydrogen) atoms. The number of amides is 1. The van der Waals surface area contributed by atoms with E-state index in [9.17, 15) is 26.4 Å². The number of hydrazine groups is 1. The van der Waals surface area contributed by atoms with Crippen molar-refractivity contribution in [2.24, 2.45) is 0 Å². The minimum atomic E-state index is -4.68. The Kier molecular flexibility index (Phi) is 4.46. The molecule has 1 aromatic heterocycles. The fourth-order valence-electron chi connectivity index (χ4n) is 2.33. The maximum Gasteiger partial charge on any atom is 0.302 e. The van der Waals surface area contributed by atoms with Crippen LogP contribution >= 0.6 is 0 Å². The first-order valence-corrected chi connectivity index (χ1v) is 8.64. The summed E-state index contributed by atoms with van der Waals surface area (Å²) in [6.45, 7) is 1.60. The Hall–Kier alpha value is -2.85. The number of halogens is 3. The predicted octanol–water partition coefficient (Wildman–Crippen LogP) is 2.78. The zero-order chi connectivity index (χ0) is 19.1. The largest absolute Gasteiger partial charge is 0.451 e. The van der Waals surface area contributed by atoms with Gasteiger partial charge < -0.3 is 4.42 Å². The maximum absolute atomic E-state index is 13.6. The van der Waals surface area contributed by atoms with E-state index in [1.165, 1.54) is 0 Å². The molecule has 0 saturated carbocycles. The summed E-state index contributed by atoms with van der Waals surface area (Å²) in [5.41, 5.74) is 2.74. The molecule has 136 valence electrons. The summed E-state index contributed by atoms with van der Waals surface area (Å²) >= 11 is 0. The molecule has 10 heteroatoms. The van der Waals surface area contributed by atoms with Gasteiger partial charge in [-0.05, 0) is 25.1 Å². The van der Waals surface area contributed by atoms with Crippen LogP contribution in [0.2, 0.25) is 0 Å². The molecular formula is C16H11F3N2O4S. The molecule has 0 atom stereocenters. The molecule has 0 bridgehead atoms. The average Bonchev–Trinajstić information content (AvgIpc) is 2.95. The van der Waals surface area contributed by atoms with Crippen LogP contribution in [0.15, 0.2) is 45.7 Å². The van der Waals surface area contributed by atoms with Crippen LogP contribution in [0, 0.1) is 24.4 Å². The van der Waals surface area contributed by atoms with Crippen molar-refractivity contribution in [1.82, 2.24) is 10.3 Å². The van der Waals surface area contributed by atoms with Gasteiger partial charge in [0.25, 0.3) is 10.0 Å². The zero-order valence-corrected chi connectivity index (χ0v) is 14.0. The van der Waals surface area contributed by atoms with E-state index in [4.69, 9.17) is 4.42 Å². The maximum atomic E-state index is 13.6. The third-order valence-corrected chi connectivity index (χ3v) is 4.90. The van der Waals surface area contributed by atoms with Gasteiger partial charge in [-0.25, -0.2) is 21.6 Å². The smallest absolute Gasteiger partial charge is 0.302 e. The number of furan rings is 1. The summed E-state index contributed by atoms with van der Waals surface area (Å²) < 4.78 is 69.2. The molecule has 2 N–H and O–H groups in total. The first-order valence-electron chi connectivity index (χ1n) is 7.16. The first-order chi connectivity index (χ1) is 12.2. The summed E-state index contributed by atoms with van der Waals surface area (Å²) in [5.74, 6) is -6.47. The molecule has 3 rings (SSSR count). The molecule has 0 saturated heterocycles. The fraction of sp³-hybridized carbons (Fsp3) is 0.0625. The van der Waals surface area contributed by atoms with Crippen molar-refractivity contribution in [3.8, 4) is 0 Å². The zero-order valence-electron chi connectivity index (χ0n) is 13.1. The minimum Gasteiger partial charge on any atom is -0.451 e. The van der Waals surface area contributed by atoms with Crippen LogP contribution in [-0.4, -0.2) is 14.3 Å². The summed E-state index contributed by atoms with van der Waals surface area (Å²) in [5, 5.41) is 0.659. The molecule has 0 radical (unpaired) electrons. The van der Waals surface area contributed by atoms with E-state index in [0.717, 1.165) is 0 Å². The molecule has 1 amide bonds. The molecular weight excluding hydrogens is 373 g/mol. The van der Waals surface area contributed by atoms with Crippen LogP contribution in [0.1, 0.15) is 16.1 Å². The van der Waals surface area contributed by atoms with Crippen LogP contribution in [0.5, 0.6) is 0 Å². The number of benzene rings is 2. The van der Waals surface area contributed by atoms with Gasteiger partial charge in [-0.2, -0.15) is 0 Å². The molecule has 6 nitrogen and oxygen atoms in total. The minimum absolute atomic E-state index is 0.153.